The van der Waals surface area contributed by atoms with Crippen molar-refractivity contribution in [3.63, 3.8) is 0 Å². The third-order valence-corrected chi connectivity index (χ3v) is 16.5. The Hall–Kier alpha value is -7.00. The van der Waals surface area contributed by atoms with Crippen molar-refractivity contribution < 1.29 is 0 Å². The van der Waals surface area contributed by atoms with Gasteiger partial charge in [0.05, 0.1) is 11.0 Å². The molecule has 58 heavy (non-hydrogen) atoms. The lowest BCUT2D eigenvalue weighted by Gasteiger charge is -2.19. The molecule has 11 aromatic rings. The molecular weight excluding hydrogens is 715 g/mol. The van der Waals surface area contributed by atoms with Gasteiger partial charge in [0.15, 0.2) is 0 Å². The molecule has 0 aliphatic carbocycles. The van der Waals surface area contributed by atoms with Crippen LogP contribution >= 0.6 is 0 Å². The number of hydrogen-bond donors (Lipinski definition) is 0. The van der Waals surface area contributed by atoms with Gasteiger partial charge in [-0.05, 0) is 124 Å². The lowest BCUT2D eigenvalue weighted by atomic mass is 9.91. The van der Waals surface area contributed by atoms with Crippen LogP contribution in [0.1, 0.15) is 0 Å². The molecule has 0 bridgehead atoms. The van der Waals surface area contributed by atoms with Crippen molar-refractivity contribution in [1.82, 2.24) is 4.57 Å². The first-order valence-corrected chi connectivity index (χ1v) is 23.3. The molecule has 12 rings (SSSR count). The van der Waals surface area contributed by atoms with E-state index >= 15 is 0 Å². The van der Waals surface area contributed by atoms with E-state index < -0.39 is 8.07 Å². The molecule has 0 N–H and O–H groups in total. The molecular formula is C56H39NSi. The summed E-state index contributed by atoms with van der Waals surface area (Å²) in [4.78, 5) is 0. The zero-order chi connectivity index (χ0) is 38.5. The van der Waals surface area contributed by atoms with Gasteiger partial charge in [-0.15, -0.1) is 0 Å². The van der Waals surface area contributed by atoms with E-state index in [0.29, 0.717) is 0 Å². The summed E-state index contributed by atoms with van der Waals surface area (Å²) in [5.74, 6) is 0. The highest BCUT2D eigenvalue weighted by molar-refractivity contribution is 7.03. The summed E-state index contributed by atoms with van der Waals surface area (Å²) >= 11 is 0. The highest BCUT2D eigenvalue weighted by atomic mass is 28.3. The van der Waals surface area contributed by atoms with Crippen LogP contribution in [0, 0.1) is 0 Å². The Morgan fingerprint density at radius 2 is 0.776 bits per heavy atom. The number of rotatable bonds is 4. The zero-order valence-electron chi connectivity index (χ0n) is 32.5. The maximum absolute atomic E-state index is 2.49. The summed E-state index contributed by atoms with van der Waals surface area (Å²) in [6.07, 6.45) is 0. The Morgan fingerprint density at radius 3 is 1.52 bits per heavy atom. The summed E-state index contributed by atoms with van der Waals surface area (Å²) in [6.45, 7) is 4.99. The minimum Gasteiger partial charge on any atom is -0.309 e. The van der Waals surface area contributed by atoms with Crippen molar-refractivity contribution in [1.29, 1.82) is 0 Å². The summed E-state index contributed by atoms with van der Waals surface area (Å²) in [6, 6.07) is 74.8. The predicted octanol–water partition coefficient (Wildman–Crippen LogP) is 14.0. The van der Waals surface area contributed by atoms with Crippen LogP contribution < -0.4 is 10.4 Å². The van der Waals surface area contributed by atoms with Crippen LogP contribution in [0.5, 0.6) is 0 Å². The van der Waals surface area contributed by atoms with Gasteiger partial charge in [0, 0.05) is 16.5 Å². The molecule has 0 unspecified atom stereocenters. The summed E-state index contributed by atoms with van der Waals surface area (Å²) in [7, 11) is -1.79. The molecule has 0 spiro atoms. The van der Waals surface area contributed by atoms with Crippen LogP contribution in [-0.2, 0) is 0 Å². The van der Waals surface area contributed by atoms with E-state index in [9.17, 15) is 0 Å². The monoisotopic (exact) mass is 753 g/mol. The van der Waals surface area contributed by atoms with Gasteiger partial charge in [0.25, 0.3) is 0 Å². The molecule has 0 radical (unpaired) electrons. The van der Waals surface area contributed by atoms with Crippen LogP contribution in [0.3, 0.4) is 0 Å². The van der Waals surface area contributed by atoms with Gasteiger partial charge in [0.2, 0.25) is 0 Å². The fourth-order valence-corrected chi connectivity index (χ4v) is 13.2. The standard InChI is InChI=1S/C56H39NSi/c1-58(2)55-24-10-8-22-50(55)51-30-27-41(35-56(51)58)38-15-12-16-42(32-38)57-53-23-9-7-21-48(53)49-29-26-40(34-54(49)57)37-14-11-13-36(31-37)39-25-28-47-45-19-4-3-17-43(45)44-18-5-6-20-46(44)52(47)33-39/h3-35H,1-2H3. The molecule has 10 aromatic carbocycles. The smallest absolute Gasteiger partial charge is 0.113 e. The second-order valence-corrected chi connectivity index (χ2v) is 20.8. The quantitative estimate of drug-likeness (QED) is 0.125. The molecule has 0 saturated heterocycles. The molecule has 1 aromatic heterocycles. The van der Waals surface area contributed by atoms with Crippen LogP contribution in [0.25, 0.3) is 104 Å². The second-order valence-electron chi connectivity index (χ2n) is 16.5. The highest BCUT2D eigenvalue weighted by Crippen LogP contribution is 2.40. The van der Waals surface area contributed by atoms with Crippen molar-refractivity contribution >= 4 is 72.6 Å². The largest absolute Gasteiger partial charge is 0.309 e. The molecule has 1 aliphatic rings. The summed E-state index contributed by atoms with van der Waals surface area (Å²) < 4.78 is 2.46. The first-order valence-electron chi connectivity index (χ1n) is 20.3. The van der Waals surface area contributed by atoms with Gasteiger partial charge in [-0.2, -0.15) is 0 Å². The number of para-hydroxylation sites is 1. The second kappa shape index (κ2) is 12.5. The Kier molecular flexibility index (Phi) is 7.15. The van der Waals surface area contributed by atoms with Crippen LogP contribution in [0.4, 0.5) is 0 Å². The molecule has 2 heterocycles. The Balaban J connectivity index is 0.972. The number of hydrogen-bond acceptors (Lipinski definition) is 0. The predicted molar refractivity (Wildman–Crippen MR) is 252 cm³/mol. The SMILES string of the molecule is C[Si]1(C)c2ccccc2-c2ccc(-c3cccc(-n4c5ccccc5c5ccc(-c6cccc(-c7ccc8c9ccccc9c9ccccc9c8c7)c6)cc54)c3)cc21. The van der Waals surface area contributed by atoms with Crippen molar-refractivity contribution in [2.75, 3.05) is 0 Å². The molecule has 1 aliphatic heterocycles. The summed E-state index contributed by atoms with van der Waals surface area (Å²) in [5.41, 5.74) is 13.8. The average molecular weight is 754 g/mol. The zero-order valence-corrected chi connectivity index (χ0v) is 33.5. The highest BCUT2D eigenvalue weighted by Gasteiger charge is 2.37. The third kappa shape index (κ3) is 4.89. The molecule has 0 amide bonds. The van der Waals surface area contributed by atoms with Gasteiger partial charge in [-0.3, -0.25) is 0 Å². The summed E-state index contributed by atoms with van der Waals surface area (Å²) in [5, 5.41) is 13.4. The fourth-order valence-electron chi connectivity index (χ4n) is 10.1. The van der Waals surface area contributed by atoms with Crippen LogP contribution in [0.15, 0.2) is 200 Å². The van der Waals surface area contributed by atoms with Crippen LogP contribution in [0.2, 0.25) is 13.1 Å². The van der Waals surface area contributed by atoms with Crippen LogP contribution in [-0.4, -0.2) is 12.6 Å². The van der Waals surface area contributed by atoms with Crippen molar-refractivity contribution in [2.45, 2.75) is 13.1 Å². The minimum absolute atomic E-state index is 1.17. The normalized spacial score (nSPS) is 13.1. The molecule has 0 saturated carbocycles. The topological polar surface area (TPSA) is 4.93 Å². The van der Waals surface area contributed by atoms with Gasteiger partial charge in [-0.1, -0.05) is 177 Å². The van der Waals surface area contributed by atoms with Gasteiger partial charge >= 0.3 is 0 Å². The van der Waals surface area contributed by atoms with E-state index in [2.05, 4.69) is 218 Å². The Bertz CT molecular complexity index is 3460. The molecule has 0 atom stereocenters. The van der Waals surface area contributed by atoms with Crippen molar-refractivity contribution in [3.8, 4) is 50.2 Å². The van der Waals surface area contributed by atoms with Gasteiger partial charge < -0.3 is 4.57 Å². The lowest BCUT2D eigenvalue weighted by Crippen LogP contribution is -2.49. The number of nitrogens with zero attached hydrogens (tertiary/aromatic N) is 1. The maximum atomic E-state index is 2.49. The molecule has 0 fully saturated rings. The van der Waals surface area contributed by atoms with E-state index in [1.54, 1.807) is 5.19 Å². The lowest BCUT2D eigenvalue weighted by molar-refractivity contribution is 1.18. The Morgan fingerprint density at radius 1 is 0.293 bits per heavy atom. The van der Waals surface area contributed by atoms with E-state index in [-0.39, 0.29) is 0 Å². The minimum atomic E-state index is -1.79. The number of aromatic nitrogens is 1. The Labute approximate surface area is 339 Å². The van der Waals surface area contributed by atoms with E-state index in [1.807, 2.05) is 0 Å². The first-order chi connectivity index (χ1) is 28.5. The van der Waals surface area contributed by atoms with Gasteiger partial charge in [0.1, 0.15) is 8.07 Å². The first kappa shape index (κ1) is 33.2. The molecule has 1 nitrogen and oxygen atoms in total. The molecule has 2 heteroatoms. The molecule has 272 valence electrons. The van der Waals surface area contributed by atoms with E-state index in [1.165, 1.54) is 110 Å². The van der Waals surface area contributed by atoms with Crippen molar-refractivity contribution in [3.05, 3.63) is 200 Å². The van der Waals surface area contributed by atoms with Crippen molar-refractivity contribution in [2.24, 2.45) is 0 Å². The average Bonchev–Trinajstić information content (AvgIpc) is 3.74. The van der Waals surface area contributed by atoms with E-state index in [0.717, 1.165) is 0 Å². The maximum Gasteiger partial charge on any atom is 0.113 e. The number of benzene rings is 10. The fraction of sp³-hybridized carbons (Fsp3) is 0.0357. The van der Waals surface area contributed by atoms with Gasteiger partial charge in [-0.25, -0.2) is 0 Å². The number of fused-ring (bicyclic) bond motifs is 12. The third-order valence-electron chi connectivity index (χ3n) is 13.0. The van der Waals surface area contributed by atoms with E-state index in [4.69, 9.17) is 0 Å².